The number of carboxylic acid groups (broad SMARTS) is 1. The van der Waals surface area contributed by atoms with Gasteiger partial charge in [0, 0.05) is 6.61 Å². The summed E-state index contributed by atoms with van der Waals surface area (Å²) in [6, 6.07) is 0. The minimum atomic E-state index is -1.13. The number of rotatable bonds is 9. The summed E-state index contributed by atoms with van der Waals surface area (Å²) in [5, 5.41) is 29.0. The lowest BCUT2D eigenvalue weighted by Crippen LogP contribution is -2.43. The van der Waals surface area contributed by atoms with E-state index < -0.39 is 22.9 Å². The van der Waals surface area contributed by atoms with Crippen molar-refractivity contribution in [3.05, 3.63) is 0 Å². The molecule has 0 bridgehead atoms. The van der Waals surface area contributed by atoms with Crippen LogP contribution in [0.15, 0.2) is 0 Å². The predicted molar refractivity (Wildman–Crippen MR) is 71.4 cm³/mol. The summed E-state index contributed by atoms with van der Waals surface area (Å²) in [5.41, 5.74) is -1.53. The fourth-order valence-electron chi connectivity index (χ4n) is 2.48. The first-order valence-electron chi connectivity index (χ1n) is 6.78. The molecule has 0 rings (SSSR count). The third-order valence-electron chi connectivity index (χ3n) is 3.91. The molecule has 0 radical (unpaired) electrons. The summed E-state index contributed by atoms with van der Waals surface area (Å²) in [4.78, 5) is 11.4. The smallest absolute Gasteiger partial charge is 0.311 e. The van der Waals surface area contributed by atoms with Gasteiger partial charge in [-0.2, -0.15) is 0 Å². The molecule has 0 saturated heterocycles. The Morgan fingerprint density at radius 2 is 1.67 bits per heavy atom. The van der Waals surface area contributed by atoms with Crippen LogP contribution in [-0.2, 0) is 4.79 Å². The molecule has 0 aromatic heterocycles. The van der Waals surface area contributed by atoms with E-state index in [0.717, 1.165) is 12.8 Å². The van der Waals surface area contributed by atoms with E-state index in [1.807, 2.05) is 20.8 Å². The van der Waals surface area contributed by atoms with E-state index in [1.165, 1.54) is 0 Å². The minimum Gasteiger partial charge on any atom is -0.481 e. The van der Waals surface area contributed by atoms with E-state index in [9.17, 15) is 20.1 Å². The van der Waals surface area contributed by atoms with Gasteiger partial charge in [-0.1, -0.05) is 33.6 Å². The molecular weight excluding hydrogens is 232 g/mol. The summed E-state index contributed by atoms with van der Waals surface area (Å²) in [6.07, 6.45) is 2.23. The quantitative estimate of drug-likeness (QED) is 0.595. The van der Waals surface area contributed by atoms with E-state index in [1.54, 1.807) is 6.92 Å². The molecule has 4 heteroatoms. The Labute approximate surface area is 110 Å². The van der Waals surface area contributed by atoms with Gasteiger partial charge in [0.25, 0.3) is 0 Å². The van der Waals surface area contributed by atoms with Crippen LogP contribution in [-0.4, -0.2) is 34.0 Å². The highest BCUT2D eigenvalue weighted by atomic mass is 16.4. The Balaban J connectivity index is 4.89. The Hall–Kier alpha value is -0.610. The lowest BCUT2D eigenvalue weighted by Gasteiger charge is -2.36. The standard InChI is InChI=1S/C14H28O4/c1-5-7-13(3,10-15)9-11(16)14(4,8-6-2)12(17)18/h11,15-16H,5-10H2,1-4H3,(H,17,18). The van der Waals surface area contributed by atoms with E-state index in [0.29, 0.717) is 19.3 Å². The monoisotopic (exact) mass is 260 g/mol. The molecule has 0 aromatic carbocycles. The van der Waals surface area contributed by atoms with Crippen molar-refractivity contribution in [2.24, 2.45) is 10.8 Å². The fourth-order valence-corrected chi connectivity index (χ4v) is 2.48. The van der Waals surface area contributed by atoms with Gasteiger partial charge in [-0.3, -0.25) is 4.79 Å². The Kier molecular flexibility index (Phi) is 6.86. The second-order valence-electron chi connectivity index (χ2n) is 5.91. The van der Waals surface area contributed by atoms with Crippen LogP contribution in [0.3, 0.4) is 0 Å². The molecule has 0 aliphatic carbocycles. The number of carbonyl (C=O) groups is 1. The molecule has 4 nitrogen and oxygen atoms in total. The highest BCUT2D eigenvalue weighted by molar-refractivity contribution is 5.74. The average Bonchev–Trinajstić information content (AvgIpc) is 2.29. The van der Waals surface area contributed by atoms with Crippen molar-refractivity contribution in [1.82, 2.24) is 0 Å². The molecule has 0 saturated carbocycles. The van der Waals surface area contributed by atoms with Gasteiger partial charge in [-0.25, -0.2) is 0 Å². The molecule has 0 aliphatic heterocycles. The van der Waals surface area contributed by atoms with Crippen molar-refractivity contribution < 1.29 is 20.1 Å². The van der Waals surface area contributed by atoms with Crippen molar-refractivity contribution in [3.63, 3.8) is 0 Å². The lowest BCUT2D eigenvalue weighted by molar-refractivity contribution is -0.157. The van der Waals surface area contributed by atoms with Crippen LogP contribution >= 0.6 is 0 Å². The summed E-state index contributed by atoms with van der Waals surface area (Å²) in [6.45, 7) is 7.38. The Morgan fingerprint density at radius 3 is 2.00 bits per heavy atom. The second-order valence-corrected chi connectivity index (χ2v) is 5.91. The Bertz CT molecular complexity index is 267. The van der Waals surface area contributed by atoms with E-state index in [4.69, 9.17) is 0 Å². The summed E-state index contributed by atoms with van der Waals surface area (Å²) in [7, 11) is 0. The fraction of sp³-hybridized carbons (Fsp3) is 0.929. The van der Waals surface area contributed by atoms with E-state index in [2.05, 4.69) is 0 Å². The molecule has 18 heavy (non-hydrogen) atoms. The molecule has 3 atom stereocenters. The van der Waals surface area contributed by atoms with Crippen LogP contribution in [0.5, 0.6) is 0 Å². The van der Waals surface area contributed by atoms with Crippen LogP contribution in [0.25, 0.3) is 0 Å². The Morgan fingerprint density at radius 1 is 1.17 bits per heavy atom. The molecule has 0 heterocycles. The third kappa shape index (κ3) is 4.25. The van der Waals surface area contributed by atoms with Crippen LogP contribution in [0.1, 0.15) is 59.8 Å². The highest BCUT2D eigenvalue weighted by Crippen LogP contribution is 2.37. The molecule has 0 spiro atoms. The average molecular weight is 260 g/mol. The molecule has 108 valence electrons. The maximum absolute atomic E-state index is 11.4. The van der Waals surface area contributed by atoms with Crippen LogP contribution in [0, 0.1) is 10.8 Å². The molecule has 0 amide bonds. The molecule has 0 aromatic rings. The maximum atomic E-state index is 11.4. The molecule has 3 N–H and O–H groups in total. The number of hydrogen-bond acceptors (Lipinski definition) is 3. The highest BCUT2D eigenvalue weighted by Gasteiger charge is 2.42. The lowest BCUT2D eigenvalue weighted by atomic mass is 9.71. The van der Waals surface area contributed by atoms with Gasteiger partial charge < -0.3 is 15.3 Å². The first-order valence-corrected chi connectivity index (χ1v) is 6.78. The molecular formula is C14H28O4. The first kappa shape index (κ1) is 17.4. The van der Waals surface area contributed by atoms with Gasteiger partial charge in [0.05, 0.1) is 11.5 Å². The van der Waals surface area contributed by atoms with Crippen molar-refractivity contribution >= 4 is 5.97 Å². The first-order chi connectivity index (χ1) is 8.25. The molecule has 0 fully saturated rings. The SMILES string of the molecule is CCCC(C)(CO)CC(O)C(C)(CCC)C(=O)O. The third-order valence-corrected chi connectivity index (χ3v) is 3.91. The van der Waals surface area contributed by atoms with Gasteiger partial charge >= 0.3 is 5.97 Å². The normalized spacial score (nSPS) is 19.9. The molecule has 3 unspecified atom stereocenters. The zero-order valence-electron chi connectivity index (χ0n) is 12.1. The van der Waals surface area contributed by atoms with Gasteiger partial charge in [0.1, 0.15) is 0 Å². The topological polar surface area (TPSA) is 77.8 Å². The summed E-state index contributed by atoms with van der Waals surface area (Å²) < 4.78 is 0. The molecule has 0 aliphatic rings. The van der Waals surface area contributed by atoms with E-state index >= 15 is 0 Å². The zero-order valence-corrected chi connectivity index (χ0v) is 12.1. The number of aliphatic hydroxyl groups excluding tert-OH is 2. The zero-order chi connectivity index (χ0) is 14.4. The van der Waals surface area contributed by atoms with Gasteiger partial charge in [0.2, 0.25) is 0 Å². The van der Waals surface area contributed by atoms with Crippen molar-refractivity contribution in [2.45, 2.75) is 65.9 Å². The summed E-state index contributed by atoms with van der Waals surface area (Å²) >= 11 is 0. The number of hydrogen-bond donors (Lipinski definition) is 3. The van der Waals surface area contributed by atoms with Crippen LogP contribution in [0.2, 0.25) is 0 Å². The van der Waals surface area contributed by atoms with Crippen molar-refractivity contribution in [2.75, 3.05) is 6.61 Å². The maximum Gasteiger partial charge on any atom is 0.311 e. The predicted octanol–water partition coefficient (Wildman–Crippen LogP) is 2.43. The van der Waals surface area contributed by atoms with Gasteiger partial charge in [-0.05, 0) is 31.6 Å². The van der Waals surface area contributed by atoms with E-state index in [-0.39, 0.29) is 6.61 Å². The second kappa shape index (κ2) is 7.10. The van der Waals surface area contributed by atoms with Crippen molar-refractivity contribution in [3.8, 4) is 0 Å². The number of aliphatic carboxylic acids is 1. The largest absolute Gasteiger partial charge is 0.481 e. The van der Waals surface area contributed by atoms with Crippen molar-refractivity contribution in [1.29, 1.82) is 0 Å². The van der Waals surface area contributed by atoms with Gasteiger partial charge in [-0.15, -0.1) is 0 Å². The van der Waals surface area contributed by atoms with Gasteiger partial charge in [0.15, 0.2) is 0 Å². The van der Waals surface area contributed by atoms with Crippen LogP contribution < -0.4 is 0 Å². The summed E-state index contributed by atoms with van der Waals surface area (Å²) in [5.74, 6) is -0.964. The number of carboxylic acids is 1. The number of aliphatic hydroxyl groups is 2. The van der Waals surface area contributed by atoms with Crippen LogP contribution in [0.4, 0.5) is 0 Å². The minimum absolute atomic E-state index is 0.0281.